The first-order chi connectivity index (χ1) is 11.6. The van der Waals surface area contributed by atoms with E-state index in [-0.39, 0.29) is 0 Å². The van der Waals surface area contributed by atoms with Crippen LogP contribution in [0.5, 0.6) is 11.5 Å². The van der Waals surface area contributed by atoms with Crippen LogP contribution in [0.4, 0.5) is 0 Å². The van der Waals surface area contributed by atoms with E-state index in [1.807, 2.05) is 12.1 Å². The van der Waals surface area contributed by atoms with E-state index in [0.717, 1.165) is 26.2 Å². The Bertz CT molecular complexity index is 490. The fourth-order valence-corrected chi connectivity index (χ4v) is 3.03. The van der Waals surface area contributed by atoms with Gasteiger partial charge in [-0.2, -0.15) is 0 Å². The molecule has 136 valence electrons. The minimum absolute atomic E-state index is 0.292. The third-order valence-electron chi connectivity index (χ3n) is 4.57. The van der Waals surface area contributed by atoms with Gasteiger partial charge in [0.05, 0.1) is 7.11 Å². The van der Waals surface area contributed by atoms with Gasteiger partial charge in [0, 0.05) is 13.1 Å². The highest BCUT2D eigenvalue weighted by molar-refractivity contribution is 5.43. The second-order valence-electron chi connectivity index (χ2n) is 6.64. The number of hydrogen-bond donors (Lipinski definition) is 1. The van der Waals surface area contributed by atoms with Gasteiger partial charge in [-0.05, 0) is 57.2 Å². The van der Waals surface area contributed by atoms with Crippen molar-refractivity contribution in [3.8, 4) is 11.5 Å². The number of likely N-dealkylation sites (tertiary alicyclic amines) is 1. The molecule has 0 saturated carbocycles. The minimum Gasteiger partial charge on any atom is -0.493 e. The Labute approximate surface area is 146 Å². The maximum Gasteiger partial charge on any atom is 0.161 e. The lowest BCUT2D eigenvalue weighted by molar-refractivity contribution is 0.0608. The Morgan fingerprint density at radius 3 is 2.62 bits per heavy atom. The van der Waals surface area contributed by atoms with Crippen LogP contribution in [0.15, 0.2) is 18.2 Å². The molecule has 0 spiro atoms. The van der Waals surface area contributed by atoms with Gasteiger partial charge in [0.2, 0.25) is 0 Å². The Kier molecular flexibility index (Phi) is 7.82. The fraction of sp³-hybridized carbons (Fsp3) is 0.684. The Hall–Kier alpha value is -1.30. The van der Waals surface area contributed by atoms with Gasteiger partial charge < -0.3 is 24.4 Å². The Morgan fingerprint density at radius 2 is 1.96 bits per heavy atom. The monoisotopic (exact) mass is 336 g/mol. The van der Waals surface area contributed by atoms with E-state index in [2.05, 4.69) is 29.8 Å². The molecule has 0 aromatic heterocycles. The molecule has 0 amide bonds. The standard InChI is InChI=1S/C19H32N2O3/c1-4-20(2)13-16-8-9-18(23-3)19(12-16)24-15-17(22)14-21-10-6-5-7-11-21/h8-9,12,17,22H,4-7,10-11,13-15H2,1-3H3. The molecule has 1 atom stereocenters. The minimum atomic E-state index is -0.477. The molecule has 1 aromatic carbocycles. The van der Waals surface area contributed by atoms with E-state index < -0.39 is 6.10 Å². The molecular weight excluding hydrogens is 304 g/mol. The van der Waals surface area contributed by atoms with Gasteiger partial charge in [0.15, 0.2) is 11.5 Å². The van der Waals surface area contributed by atoms with Crippen molar-refractivity contribution in [3.63, 3.8) is 0 Å². The van der Waals surface area contributed by atoms with Crippen LogP contribution in [0.1, 0.15) is 31.7 Å². The molecule has 1 unspecified atom stereocenters. The average Bonchev–Trinajstić information content (AvgIpc) is 2.61. The van der Waals surface area contributed by atoms with E-state index in [1.165, 1.54) is 24.8 Å². The largest absolute Gasteiger partial charge is 0.493 e. The zero-order chi connectivity index (χ0) is 17.4. The third-order valence-corrected chi connectivity index (χ3v) is 4.57. The number of β-amino-alcohol motifs (C(OH)–C–C–N with tert-alkyl or cyclic N) is 1. The van der Waals surface area contributed by atoms with E-state index in [9.17, 15) is 5.11 Å². The quantitative estimate of drug-likeness (QED) is 0.750. The number of methoxy groups -OCH3 is 1. The molecule has 5 heteroatoms. The molecule has 1 aliphatic rings. The maximum absolute atomic E-state index is 10.3. The summed E-state index contributed by atoms with van der Waals surface area (Å²) in [6, 6.07) is 6.01. The summed E-state index contributed by atoms with van der Waals surface area (Å²) in [5.41, 5.74) is 1.18. The highest BCUT2D eigenvalue weighted by Crippen LogP contribution is 2.28. The van der Waals surface area contributed by atoms with Crippen LogP contribution in [0, 0.1) is 0 Å². The van der Waals surface area contributed by atoms with Crippen LogP contribution in [0.25, 0.3) is 0 Å². The Morgan fingerprint density at radius 1 is 1.21 bits per heavy atom. The molecule has 2 rings (SSSR count). The Balaban J connectivity index is 1.90. The second kappa shape index (κ2) is 9.87. The molecule has 0 aliphatic carbocycles. The summed E-state index contributed by atoms with van der Waals surface area (Å²) in [7, 11) is 3.73. The predicted octanol–water partition coefficient (Wildman–Crippen LogP) is 2.37. The summed E-state index contributed by atoms with van der Waals surface area (Å²) in [6.45, 7) is 7.14. The summed E-state index contributed by atoms with van der Waals surface area (Å²) in [6.07, 6.45) is 3.29. The lowest BCUT2D eigenvalue weighted by atomic mass is 10.1. The molecule has 1 aliphatic heterocycles. The number of benzene rings is 1. The van der Waals surface area contributed by atoms with Gasteiger partial charge in [-0.25, -0.2) is 0 Å². The predicted molar refractivity (Wildman–Crippen MR) is 96.8 cm³/mol. The summed E-state index contributed by atoms with van der Waals surface area (Å²) in [4.78, 5) is 4.55. The van der Waals surface area contributed by atoms with Crippen LogP contribution >= 0.6 is 0 Å². The highest BCUT2D eigenvalue weighted by Gasteiger charge is 2.16. The van der Waals surface area contributed by atoms with Crippen LogP contribution in [-0.4, -0.2) is 68.0 Å². The van der Waals surface area contributed by atoms with Crippen LogP contribution in [-0.2, 0) is 6.54 Å². The van der Waals surface area contributed by atoms with Crippen molar-refractivity contribution in [2.75, 3.05) is 46.9 Å². The van der Waals surface area contributed by atoms with E-state index >= 15 is 0 Å². The fourth-order valence-electron chi connectivity index (χ4n) is 3.03. The number of hydrogen-bond acceptors (Lipinski definition) is 5. The first kappa shape index (κ1) is 19.0. The van der Waals surface area contributed by atoms with E-state index in [1.54, 1.807) is 7.11 Å². The number of piperidine rings is 1. The van der Waals surface area contributed by atoms with Crippen molar-refractivity contribution in [1.82, 2.24) is 9.80 Å². The second-order valence-corrected chi connectivity index (χ2v) is 6.64. The first-order valence-electron chi connectivity index (χ1n) is 9.01. The average molecular weight is 336 g/mol. The van der Waals surface area contributed by atoms with Crippen LogP contribution in [0.2, 0.25) is 0 Å². The molecule has 0 radical (unpaired) electrons. The van der Waals surface area contributed by atoms with Gasteiger partial charge in [-0.1, -0.05) is 19.4 Å². The lowest BCUT2D eigenvalue weighted by Crippen LogP contribution is -2.38. The molecule has 24 heavy (non-hydrogen) atoms. The lowest BCUT2D eigenvalue weighted by Gasteiger charge is -2.28. The molecule has 1 aromatic rings. The summed E-state index contributed by atoms with van der Waals surface area (Å²) >= 11 is 0. The van der Waals surface area contributed by atoms with Crippen LogP contribution in [0.3, 0.4) is 0 Å². The van der Waals surface area contributed by atoms with Gasteiger partial charge in [0.25, 0.3) is 0 Å². The molecular formula is C19H32N2O3. The summed E-state index contributed by atoms with van der Waals surface area (Å²) < 4.78 is 11.3. The van der Waals surface area contributed by atoms with Crippen molar-refractivity contribution >= 4 is 0 Å². The molecule has 1 heterocycles. The molecule has 1 N–H and O–H groups in total. The maximum atomic E-state index is 10.3. The number of ether oxygens (including phenoxy) is 2. The van der Waals surface area contributed by atoms with E-state index in [0.29, 0.717) is 24.7 Å². The number of aliphatic hydroxyl groups excluding tert-OH is 1. The first-order valence-corrected chi connectivity index (χ1v) is 9.01. The van der Waals surface area contributed by atoms with Crippen LogP contribution < -0.4 is 9.47 Å². The SMILES string of the molecule is CCN(C)Cc1ccc(OC)c(OCC(O)CN2CCCCC2)c1. The smallest absolute Gasteiger partial charge is 0.161 e. The number of nitrogens with zero attached hydrogens (tertiary/aromatic N) is 2. The van der Waals surface area contributed by atoms with Crippen molar-refractivity contribution in [2.45, 2.75) is 38.8 Å². The van der Waals surface area contributed by atoms with Crippen molar-refractivity contribution in [3.05, 3.63) is 23.8 Å². The zero-order valence-electron chi connectivity index (χ0n) is 15.3. The van der Waals surface area contributed by atoms with Crippen molar-refractivity contribution < 1.29 is 14.6 Å². The molecule has 5 nitrogen and oxygen atoms in total. The van der Waals surface area contributed by atoms with Gasteiger partial charge in [-0.3, -0.25) is 0 Å². The molecule has 0 bridgehead atoms. The normalized spacial score (nSPS) is 17.0. The molecule has 1 fully saturated rings. The van der Waals surface area contributed by atoms with Gasteiger partial charge in [0.1, 0.15) is 12.7 Å². The van der Waals surface area contributed by atoms with Gasteiger partial charge in [-0.15, -0.1) is 0 Å². The zero-order valence-corrected chi connectivity index (χ0v) is 15.3. The molecule has 1 saturated heterocycles. The number of rotatable bonds is 9. The van der Waals surface area contributed by atoms with Gasteiger partial charge >= 0.3 is 0 Å². The summed E-state index contributed by atoms with van der Waals surface area (Å²) in [5, 5.41) is 10.3. The topological polar surface area (TPSA) is 45.2 Å². The van der Waals surface area contributed by atoms with Crippen molar-refractivity contribution in [1.29, 1.82) is 0 Å². The van der Waals surface area contributed by atoms with E-state index in [4.69, 9.17) is 9.47 Å². The third kappa shape index (κ3) is 5.96. The van der Waals surface area contributed by atoms with Crippen molar-refractivity contribution in [2.24, 2.45) is 0 Å². The highest BCUT2D eigenvalue weighted by atomic mass is 16.5. The number of aliphatic hydroxyl groups is 1. The summed E-state index contributed by atoms with van der Waals surface area (Å²) in [5.74, 6) is 1.42.